The number of urea groups is 1. The van der Waals surface area contributed by atoms with E-state index in [1.807, 2.05) is 36.4 Å². The minimum atomic E-state index is -0.841. The number of hydrogen-bond acceptors (Lipinski definition) is 4. The van der Waals surface area contributed by atoms with E-state index in [1.165, 1.54) is 11.5 Å². The van der Waals surface area contributed by atoms with Gasteiger partial charge in [-0.15, -0.1) is 0 Å². The molecule has 7 heteroatoms. The van der Waals surface area contributed by atoms with Crippen molar-refractivity contribution in [3.63, 3.8) is 0 Å². The first-order valence-corrected chi connectivity index (χ1v) is 8.21. The number of likely N-dealkylation sites (tertiary alicyclic amines) is 1. The van der Waals surface area contributed by atoms with Crippen LogP contribution in [0.25, 0.3) is 11.3 Å². The SMILES string of the molecule is O=C(O)C1CCCN(C(=O)Nc2cc(-c3ccccc3)ns2)C1. The molecule has 0 radical (unpaired) electrons. The summed E-state index contributed by atoms with van der Waals surface area (Å²) in [5.41, 5.74) is 1.81. The third-order valence-electron chi connectivity index (χ3n) is 3.87. The Balaban J connectivity index is 1.64. The summed E-state index contributed by atoms with van der Waals surface area (Å²) in [5.74, 6) is -1.32. The predicted octanol–water partition coefficient (Wildman–Crippen LogP) is 3.14. The zero-order valence-electron chi connectivity index (χ0n) is 12.4. The van der Waals surface area contributed by atoms with Crippen LogP contribution in [0.2, 0.25) is 0 Å². The standard InChI is InChI=1S/C16H17N3O3S/c20-15(21)12-7-4-8-19(10-12)16(22)17-14-9-13(18-23-14)11-5-2-1-3-6-11/h1-3,5-6,9,12H,4,7-8,10H2,(H,17,22)(H,20,21). The molecule has 1 aromatic carbocycles. The van der Waals surface area contributed by atoms with Crippen LogP contribution in [0.1, 0.15) is 12.8 Å². The summed E-state index contributed by atoms with van der Waals surface area (Å²) in [6.07, 6.45) is 1.33. The van der Waals surface area contributed by atoms with Crippen LogP contribution >= 0.6 is 11.5 Å². The molecule has 1 aliphatic heterocycles. The largest absolute Gasteiger partial charge is 0.481 e. The van der Waals surface area contributed by atoms with Gasteiger partial charge >= 0.3 is 12.0 Å². The van der Waals surface area contributed by atoms with Gasteiger partial charge in [0.05, 0.1) is 11.6 Å². The maximum Gasteiger partial charge on any atom is 0.322 e. The molecule has 1 fully saturated rings. The molecule has 2 N–H and O–H groups in total. The number of benzene rings is 1. The highest BCUT2D eigenvalue weighted by Crippen LogP contribution is 2.26. The Bertz CT molecular complexity index is 702. The molecule has 6 nitrogen and oxygen atoms in total. The van der Waals surface area contributed by atoms with Crippen LogP contribution in [0, 0.1) is 5.92 Å². The quantitative estimate of drug-likeness (QED) is 0.905. The average molecular weight is 331 g/mol. The summed E-state index contributed by atoms with van der Waals surface area (Å²) in [7, 11) is 0. The maximum atomic E-state index is 12.3. The van der Waals surface area contributed by atoms with Gasteiger partial charge in [-0.25, -0.2) is 4.79 Å². The van der Waals surface area contributed by atoms with Gasteiger partial charge in [0.1, 0.15) is 5.00 Å². The number of aliphatic carboxylic acids is 1. The van der Waals surface area contributed by atoms with Gasteiger partial charge in [0.2, 0.25) is 0 Å². The Kier molecular flexibility index (Phi) is 4.57. The van der Waals surface area contributed by atoms with Crippen LogP contribution in [0.4, 0.5) is 9.80 Å². The Morgan fingerprint density at radius 1 is 1.30 bits per heavy atom. The lowest BCUT2D eigenvalue weighted by atomic mass is 9.99. The number of nitrogens with one attached hydrogen (secondary N) is 1. The molecular formula is C16H17N3O3S. The summed E-state index contributed by atoms with van der Waals surface area (Å²) in [6, 6.07) is 11.3. The van der Waals surface area contributed by atoms with Crippen LogP contribution in [0.3, 0.4) is 0 Å². The fraction of sp³-hybridized carbons (Fsp3) is 0.312. The van der Waals surface area contributed by atoms with E-state index in [0.717, 1.165) is 11.3 Å². The van der Waals surface area contributed by atoms with Crippen LogP contribution in [0.15, 0.2) is 36.4 Å². The van der Waals surface area contributed by atoms with Gasteiger partial charge in [-0.2, -0.15) is 4.37 Å². The molecule has 1 aromatic heterocycles. The number of rotatable bonds is 3. The van der Waals surface area contributed by atoms with E-state index < -0.39 is 11.9 Å². The van der Waals surface area contributed by atoms with Gasteiger partial charge in [-0.05, 0) is 24.4 Å². The fourth-order valence-corrected chi connectivity index (χ4v) is 3.28. The zero-order valence-corrected chi connectivity index (χ0v) is 13.3. The lowest BCUT2D eigenvalue weighted by Gasteiger charge is -2.30. The topological polar surface area (TPSA) is 82.5 Å². The molecule has 2 aromatic rings. The van der Waals surface area contributed by atoms with Crippen LogP contribution in [0.5, 0.6) is 0 Å². The molecule has 0 aliphatic carbocycles. The summed E-state index contributed by atoms with van der Waals surface area (Å²) in [6.45, 7) is 0.839. The van der Waals surface area contributed by atoms with Gasteiger partial charge in [0.25, 0.3) is 0 Å². The zero-order chi connectivity index (χ0) is 16.2. The number of carbonyl (C=O) groups excluding carboxylic acids is 1. The number of carboxylic acids is 1. The highest BCUT2D eigenvalue weighted by molar-refractivity contribution is 7.10. The smallest absolute Gasteiger partial charge is 0.322 e. The summed E-state index contributed by atoms with van der Waals surface area (Å²) >= 11 is 1.22. The number of hydrogen-bond donors (Lipinski definition) is 2. The maximum absolute atomic E-state index is 12.3. The first-order valence-electron chi connectivity index (χ1n) is 7.44. The van der Waals surface area contributed by atoms with Crippen molar-refractivity contribution < 1.29 is 14.7 Å². The number of piperidine rings is 1. The van der Waals surface area contributed by atoms with Crippen LogP contribution in [-0.4, -0.2) is 39.5 Å². The average Bonchev–Trinajstić information content (AvgIpc) is 3.04. The van der Waals surface area contributed by atoms with E-state index in [9.17, 15) is 9.59 Å². The van der Waals surface area contributed by atoms with Gasteiger partial charge in [-0.3, -0.25) is 10.1 Å². The number of aromatic nitrogens is 1. The molecule has 3 rings (SSSR count). The third-order valence-corrected chi connectivity index (χ3v) is 4.57. The van der Waals surface area contributed by atoms with E-state index in [2.05, 4.69) is 9.69 Å². The van der Waals surface area contributed by atoms with E-state index in [4.69, 9.17) is 5.11 Å². The number of anilines is 1. The second kappa shape index (κ2) is 6.78. The van der Waals surface area contributed by atoms with Crippen molar-refractivity contribution in [1.29, 1.82) is 0 Å². The minimum Gasteiger partial charge on any atom is -0.481 e. The van der Waals surface area contributed by atoms with Crippen molar-refractivity contribution in [3.05, 3.63) is 36.4 Å². The van der Waals surface area contributed by atoms with Gasteiger partial charge in [0.15, 0.2) is 0 Å². The fourth-order valence-electron chi connectivity index (χ4n) is 2.63. The van der Waals surface area contributed by atoms with Crippen molar-refractivity contribution in [2.75, 3.05) is 18.4 Å². The second-order valence-electron chi connectivity index (χ2n) is 5.50. The van der Waals surface area contributed by atoms with E-state index in [0.29, 0.717) is 24.4 Å². The summed E-state index contributed by atoms with van der Waals surface area (Å²) < 4.78 is 4.34. The molecule has 2 heterocycles. The second-order valence-corrected chi connectivity index (χ2v) is 6.30. The molecular weight excluding hydrogens is 314 g/mol. The monoisotopic (exact) mass is 331 g/mol. The lowest BCUT2D eigenvalue weighted by molar-refractivity contribution is -0.143. The van der Waals surface area contributed by atoms with E-state index >= 15 is 0 Å². The number of amides is 2. The van der Waals surface area contributed by atoms with Crippen LogP contribution in [-0.2, 0) is 4.79 Å². The first-order chi connectivity index (χ1) is 11.1. The molecule has 0 saturated carbocycles. The predicted molar refractivity (Wildman–Crippen MR) is 88.5 cm³/mol. The summed E-state index contributed by atoms with van der Waals surface area (Å²) in [4.78, 5) is 24.9. The molecule has 0 bridgehead atoms. The number of carboxylic acid groups (broad SMARTS) is 1. The van der Waals surface area contributed by atoms with Crippen molar-refractivity contribution in [1.82, 2.24) is 9.27 Å². The Morgan fingerprint density at radius 3 is 2.83 bits per heavy atom. The normalized spacial score (nSPS) is 17.7. The van der Waals surface area contributed by atoms with E-state index in [1.54, 1.807) is 4.90 Å². The van der Waals surface area contributed by atoms with Gasteiger partial charge in [-0.1, -0.05) is 30.3 Å². The van der Waals surface area contributed by atoms with Gasteiger partial charge < -0.3 is 10.0 Å². The molecule has 1 aliphatic rings. The van der Waals surface area contributed by atoms with Crippen LogP contribution < -0.4 is 5.32 Å². The van der Waals surface area contributed by atoms with E-state index in [-0.39, 0.29) is 12.6 Å². The number of carbonyl (C=O) groups is 2. The van der Waals surface area contributed by atoms with Gasteiger partial charge in [0, 0.05) is 24.7 Å². The Morgan fingerprint density at radius 2 is 2.09 bits per heavy atom. The van der Waals surface area contributed by atoms with Crippen molar-refractivity contribution in [3.8, 4) is 11.3 Å². The molecule has 1 atom stereocenters. The third kappa shape index (κ3) is 3.68. The molecule has 120 valence electrons. The molecule has 0 spiro atoms. The van der Waals surface area contributed by atoms with Crippen molar-refractivity contribution in [2.45, 2.75) is 12.8 Å². The number of nitrogens with zero attached hydrogens (tertiary/aromatic N) is 2. The Labute approximate surface area is 137 Å². The van der Waals surface area contributed by atoms with Crippen molar-refractivity contribution >= 4 is 28.5 Å². The lowest BCUT2D eigenvalue weighted by Crippen LogP contribution is -2.44. The molecule has 1 saturated heterocycles. The minimum absolute atomic E-state index is 0.255. The summed E-state index contributed by atoms with van der Waals surface area (Å²) in [5, 5.41) is 12.6. The first kappa shape index (κ1) is 15.5. The van der Waals surface area contributed by atoms with Crippen molar-refractivity contribution in [2.24, 2.45) is 5.92 Å². The molecule has 23 heavy (non-hydrogen) atoms. The molecule has 1 unspecified atom stereocenters. The Hall–Kier alpha value is -2.41. The highest BCUT2D eigenvalue weighted by Gasteiger charge is 2.28. The highest BCUT2D eigenvalue weighted by atomic mass is 32.1. The molecule has 2 amide bonds.